The Kier molecular flexibility index (Phi) is 5.22. The number of hydrogen-bond acceptors (Lipinski definition) is 3. The fourth-order valence-electron chi connectivity index (χ4n) is 2.52. The monoisotopic (exact) mass is 301 g/mol. The second-order valence-corrected chi connectivity index (χ2v) is 5.22. The zero-order valence-electron chi connectivity index (χ0n) is 13.3. The van der Waals surface area contributed by atoms with Crippen LogP contribution in [0.4, 0.5) is 0 Å². The van der Waals surface area contributed by atoms with Gasteiger partial charge in [-0.2, -0.15) is 0 Å². The predicted octanol–water partition coefficient (Wildman–Crippen LogP) is 2.18. The number of ether oxygens (including phenoxy) is 1. The van der Waals surface area contributed by atoms with E-state index in [-0.39, 0.29) is 5.91 Å². The molecule has 2 aromatic rings. The maximum atomic E-state index is 12.3. The highest BCUT2D eigenvalue weighted by Crippen LogP contribution is 2.22. The number of aromatic nitrogens is 1. The molecule has 1 amide bonds. The molecule has 5 heteroatoms. The molecule has 5 nitrogen and oxygen atoms in total. The quantitative estimate of drug-likeness (QED) is 0.804. The molecule has 1 aromatic heterocycles. The summed E-state index contributed by atoms with van der Waals surface area (Å²) in [6.45, 7) is 5.12. The average Bonchev–Trinajstić information content (AvgIpc) is 2.82. The first-order valence-electron chi connectivity index (χ1n) is 7.40. The molecule has 1 aromatic carbocycles. The van der Waals surface area contributed by atoms with Crippen molar-refractivity contribution < 1.29 is 9.53 Å². The van der Waals surface area contributed by atoms with Crippen molar-refractivity contribution in [2.45, 2.75) is 20.3 Å². The smallest absolute Gasteiger partial charge is 0.253 e. The lowest BCUT2D eigenvalue weighted by atomic mass is 10.2. The number of carbonyl (C=O) groups excluding carboxylic acids is 1. The van der Waals surface area contributed by atoms with Crippen molar-refractivity contribution in [3.05, 3.63) is 47.3 Å². The van der Waals surface area contributed by atoms with Crippen molar-refractivity contribution in [2.75, 3.05) is 20.2 Å². The van der Waals surface area contributed by atoms with Gasteiger partial charge in [0, 0.05) is 23.6 Å². The van der Waals surface area contributed by atoms with Gasteiger partial charge in [-0.25, -0.2) is 0 Å². The maximum Gasteiger partial charge on any atom is 0.253 e. The van der Waals surface area contributed by atoms with Crippen molar-refractivity contribution in [1.29, 1.82) is 0 Å². The number of hydrogen-bond donors (Lipinski definition) is 2. The van der Waals surface area contributed by atoms with Crippen LogP contribution in [0.5, 0.6) is 5.75 Å². The lowest BCUT2D eigenvalue weighted by Gasteiger charge is -2.11. The van der Waals surface area contributed by atoms with Crippen molar-refractivity contribution in [3.8, 4) is 11.4 Å². The molecule has 0 saturated carbocycles. The van der Waals surface area contributed by atoms with Crippen LogP contribution in [0.25, 0.3) is 5.69 Å². The summed E-state index contributed by atoms with van der Waals surface area (Å²) in [5, 5.41) is 2.90. The minimum Gasteiger partial charge on any atom is -0.497 e. The van der Waals surface area contributed by atoms with Crippen LogP contribution in [-0.2, 0) is 0 Å². The Balaban J connectivity index is 2.28. The van der Waals surface area contributed by atoms with Gasteiger partial charge in [0.15, 0.2) is 0 Å². The SMILES string of the molecule is COc1ccc(-n2c(C)cc(C(=O)NCCCN)c2C)cc1. The van der Waals surface area contributed by atoms with E-state index in [1.165, 1.54) is 0 Å². The molecule has 0 bridgehead atoms. The van der Waals surface area contributed by atoms with E-state index in [9.17, 15) is 4.79 Å². The van der Waals surface area contributed by atoms with Crippen LogP contribution >= 0.6 is 0 Å². The lowest BCUT2D eigenvalue weighted by Crippen LogP contribution is -2.26. The number of rotatable bonds is 6. The second-order valence-electron chi connectivity index (χ2n) is 5.22. The summed E-state index contributed by atoms with van der Waals surface area (Å²) in [4.78, 5) is 12.3. The molecule has 22 heavy (non-hydrogen) atoms. The zero-order chi connectivity index (χ0) is 16.1. The minimum atomic E-state index is -0.0543. The summed E-state index contributed by atoms with van der Waals surface area (Å²) in [6, 6.07) is 9.70. The number of aryl methyl sites for hydroxylation is 1. The van der Waals surface area contributed by atoms with Gasteiger partial charge in [-0.3, -0.25) is 4.79 Å². The van der Waals surface area contributed by atoms with E-state index >= 15 is 0 Å². The first-order valence-corrected chi connectivity index (χ1v) is 7.40. The lowest BCUT2D eigenvalue weighted by molar-refractivity contribution is 0.0953. The second kappa shape index (κ2) is 7.13. The van der Waals surface area contributed by atoms with Crippen molar-refractivity contribution >= 4 is 5.91 Å². The van der Waals surface area contributed by atoms with Crippen LogP contribution in [0.2, 0.25) is 0 Å². The third kappa shape index (κ3) is 3.31. The molecule has 0 saturated heterocycles. The van der Waals surface area contributed by atoms with E-state index in [2.05, 4.69) is 9.88 Å². The van der Waals surface area contributed by atoms with Gasteiger partial charge in [0.2, 0.25) is 0 Å². The average molecular weight is 301 g/mol. The fraction of sp³-hybridized carbons (Fsp3) is 0.353. The van der Waals surface area contributed by atoms with Gasteiger partial charge < -0.3 is 20.4 Å². The minimum absolute atomic E-state index is 0.0543. The number of carbonyl (C=O) groups is 1. The Hall–Kier alpha value is -2.27. The van der Waals surface area contributed by atoms with Crippen LogP contribution < -0.4 is 15.8 Å². The van der Waals surface area contributed by atoms with Gasteiger partial charge in [0.05, 0.1) is 12.7 Å². The Morgan fingerprint density at radius 1 is 1.27 bits per heavy atom. The van der Waals surface area contributed by atoms with Crippen molar-refractivity contribution in [1.82, 2.24) is 9.88 Å². The number of methoxy groups -OCH3 is 1. The highest BCUT2D eigenvalue weighted by atomic mass is 16.5. The molecule has 0 aliphatic rings. The Labute approximate surface area is 131 Å². The summed E-state index contributed by atoms with van der Waals surface area (Å²) < 4.78 is 7.25. The normalized spacial score (nSPS) is 10.5. The summed E-state index contributed by atoms with van der Waals surface area (Å²) in [5.41, 5.74) is 9.10. The summed E-state index contributed by atoms with van der Waals surface area (Å²) in [5.74, 6) is 0.757. The molecule has 118 valence electrons. The Bertz CT molecular complexity index is 645. The molecule has 0 radical (unpaired) electrons. The van der Waals surface area contributed by atoms with E-state index in [4.69, 9.17) is 10.5 Å². The Morgan fingerprint density at radius 3 is 2.55 bits per heavy atom. The molecule has 0 spiro atoms. The molecule has 0 unspecified atom stereocenters. The largest absolute Gasteiger partial charge is 0.497 e. The molecule has 0 fully saturated rings. The van der Waals surface area contributed by atoms with Crippen LogP contribution in [-0.4, -0.2) is 30.7 Å². The third-order valence-electron chi connectivity index (χ3n) is 3.67. The van der Waals surface area contributed by atoms with Gasteiger partial charge >= 0.3 is 0 Å². The van der Waals surface area contributed by atoms with Crippen LogP contribution in [0, 0.1) is 13.8 Å². The Morgan fingerprint density at radius 2 is 1.95 bits per heavy atom. The van der Waals surface area contributed by atoms with Gasteiger partial charge in [-0.1, -0.05) is 0 Å². The van der Waals surface area contributed by atoms with E-state index < -0.39 is 0 Å². The highest BCUT2D eigenvalue weighted by molar-refractivity contribution is 5.95. The van der Waals surface area contributed by atoms with Crippen LogP contribution in [0.3, 0.4) is 0 Å². The summed E-state index contributed by atoms with van der Waals surface area (Å²) in [7, 11) is 1.64. The van der Waals surface area contributed by atoms with Crippen molar-refractivity contribution in [3.63, 3.8) is 0 Å². The molecule has 0 atom stereocenters. The number of benzene rings is 1. The van der Waals surface area contributed by atoms with Crippen LogP contribution in [0.15, 0.2) is 30.3 Å². The summed E-state index contributed by atoms with van der Waals surface area (Å²) >= 11 is 0. The highest BCUT2D eigenvalue weighted by Gasteiger charge is 2.16. The first-order chi connectivity index (χ1) is 10.6. The topological polar surface area (TPSA) is 69.3 Å². The van der Waals surface area contributed by atoms with Crippen molar-refractivity contribution in [2.24, 2.45) is 5.73 Å². The van der Waals surface area contributed by atoms with Gasteiger partial charge in [-0.15, -0.1) is 0 Å². The number of nitrogens with two attached hydrogens (primary N) is 1. The van der Waals surface area contributed by atoms with Gasteiger partial charge in [-0.05, 0) is 57.1 Å². The van der Waals surface area contributed by atoms with E-state index in [1.807, 2.05) is 44.2 Å². The number of nitrogens with one attached hydrogen (secondary N) is 1. The van der Waals surface area contributed by atoms with E-state index in [0.29, 0.717) is 18.7 Å². The molecule has 2 rings (SSSR count). The number of amides is 1. The van der Waals surface area contributed by atoms with E-state index in [1.54, 1.807) is 7.11 Å². The van der Waals surface area contributed by atoms with Crippen LogP contribution in [0.1, 0.15) is 28.2 Å². The fourth-order valence-corrected chi connectivity index (χ4v) is 2.52. The zero-order valence-corrected chi connectivity index (χ0v) is 13.3. The third-order valence-corrected chi connectivity index (χ3v) is 3.67. The molecule has 3 N–H and O–H groups in total. The molecular formula is C17H23N3O2. The molecule has 0 aliphatic heterocycles. The summed E-state index contributed by atoms with van der Waals surface area (Å²) in [6.07, 6.45) is 0.781. The van der Waals surface area contributed by atoms with Gasteiger partial charge in [0.1, 0.15) is 5.75 Å². The number of nitrogens with zero attached hydrogens (tertiary/aromatic N) is 1. The maximum absolute atomic E-state index is 12.3. The predicted molar refractivity (Wildman–Crippen MR) is 87.8 cm³/mol. The molecule has 0 aliphatic carbocycles. The molecule has 1 heterocycles. The van der Waals surface area contributed by atoms with E-state index in [0.717, 1.165) is 29.2 Å². The first kappa shape index (κ1) is 16.1. The standard InChI is InChI=1S/C17H23N3O2/c1-12-11-16(17(21)19-10-4-9-18)13(2)20(12)14-5-7-15(22-3)8-6-14/h5-8,11H,4,9-10,18H2,1-3H3,(H,19,21). The molecular weight excluding hydrogens is 278 g/mol. The van der Waals surface area contributed by atoms with Gasteiger partial charge in [0.25, 0.3) is 5.91 Å².